The fourth-order valence-corrected chi connectivity index (χ4v) is 5.08. The normalized spacial score (nSPS) is 16.2. The summed E-state index contributed by atoms with van der Waals surface area (Å²) in [5, 5.41) is 5.41. The fourth-order valence-electron chi connectivity index (χ4n) is 5.08. The predicted octanol–water partition coefficient (Wildman–Crippen LogP) is 7.89. The molecule has 1 fully saturated rings. The van der Waals surface area contributed by atoms with Crippen LogP contribution >= 0.6 is 0 Å². The van der Waals surface area contributed by atoms with E-state index in [1.165, 1.54) is 76.8 Å². The first-order valence-corrected chi connectivity index (χ1v) is 10.4. The zero-order chi connectivity index (χ0) is 18.3. The van der Waals surface area contributed by atoms with Gasteiger partial charge in [0.05, 0.1) is 0 Å². The third-order valence-electron chi connectivity index (χ3n) is 6.56. The average Bonchev–Trinajstić information content (AvgIpc) is 3.09. The van der Waals surface area contributed by atoms with E-state index in [-0.39, 0.29) is 26.2 Å². The van der Waals surface area contributed by atoms with Crippen LogP contribution in [0.3, 0.4) is 0 Å². The molecule has 4 aromatic rings. The molecular formula is C27H27Zr-. The second-order valence-electron chi connectivity index (χ2n) is 8.78. The van der Waals surface area contributed by atoms with Crippen LogP contribution in [0.5, 0.6) is 0 Å². The molecule has 0 atom stereocenters. The first kappa shape index (κ1) is 19.7. The molecule has 0 N–H and O–H groups in total. The Hall–Kier alpha value is -1.59. The summed E-state index contributed by atoms with van der Waals surface area (Å²) < 4.78 is 0. The van der Waals surface area contributed by atoms with Crippen molar-refractivity contribution in [1.29, 1.82) is 0 Å². The molecular weight excluding hydrogens is 416 g/mol. The summed E-state index contributed by atoms with van der Waals surface area (Å²) in [5.74, 6) is 0. The molecule has 1 saturated carbocycles. The zero-order valence-corrected chi connectivity index (χ0v) is 19.1. The molecule has 0 radical (unpaired) electrons. The molecule has 0 amide bonds. The van der Waals surface area contributed by atoms with E-state index in [1.807, 2.05) is 0 Å². The molecule has 28 heavy (non-hydrogen) atoms. The summed E-state index contributed by atoms with van der Waals surface area (Å²) >= 11 is 0. The Morgan fingerprint density at radius 3 is 2.43 bits per heavy atom. The molecule has 5 rings (SSSR count). The predicted molar refractivity (Wildman–Crippen MR) is 117 cm³/mol. The molecule has 0 spiro atoms. The van der Waals surface area contributed by atoms with Crippen LogP contribution in [0.15, 0.2) is 72.8 Å². The number of hydrogen-bond acceptors (Lipinski definition) is 0. The van der Waals surface area contributed by atoms with Crippen molar-refractivity contribution in [2.24, 2.45) is 5.41 Å². The molecule has 1 heteroatoms. The molecule has 1 aliphatic rings. The number of hydrogen-bond donors (Lipinski definition) is 0. The van der Waals surface area contributed by atoms with Crippen LogP contribution in [-0.2, 0) is 32.6 Å². The van der Waals surface area contributed by atoms with E-state index in [4.69, 9.17) is 0 Å². The maximum atomic E-state index is 2.49. The Morgan fingerprint density at radius 1 is 0.821 bits per heavy atom. The van der Waals surface area contributed by atoms with E-state index in [0.717, 1.165) is 0 Å². The van der Waals surface area contributed by atoms with Crippen molar-refractivity contribution >= 4 is 21.5 Å². The van der Waals surface area contributed by atoms with Gasteiger partial charge in [0.15, 0.2) is 0 Å². The summed E-state index contributed by atoms with van der Waals surface area (Å²) in [6.45, 7) is 2.49. The first-order valence-electron chi connectivity index (χ1n) is 10.4. The van der Waals surface area contributed by atoms with E-state index in [1.54, 1.807) is 0 Å². The maximum absolute atomic E-state index is 2.49. The zero-order valence-electron chi connectivity index (χ0n) is 16.7. The van der Waals surface area contributed by atoms with Gasteiger partial charge in [0, 0.05) is 26.2 Å². The van der Waals surface area contributed by atoms with Gasteiger partial charge in [0.1, 0.15) is 0 Å². The third kappa shape index (κ3) is 3.79. The standard InChI is InChI=1S/C27H27.Zr/c1-27(14-5-2-6-15-27)19-20-16-23-10-7-11-25(26(23)17-20)24-13-12-21-8-3-4-9-22(21)18-24;/h3-4,7-13,16-18H,2,5-6,14-15,19H2,1H3;/q-1;. The van der Waals surface area contributed by atoms with E-state index in [0.29, 0.717) is 5.41 Å². The van der Waals surface area contributed by atoms with Gasteiger partial charge in [0.2, 0.25) is 0 Å². The average molecular weight is 443 g/mol. The second kappa shape index (κ2) is 8.04. The van der Waals surface area contributed by atoms with E-state index < -0.39 is 0 Å². The molecule has 1 aliphatic carbocycles. The van der Waals surface area contributed by atoms with Gasteiger partial charge >= 0.3 is 0 Å². The molecule has 0 heterocycles. The minimum Gasteiger partial charge on any atom is -0.164 e. The summed E-state index contributed by atoms with van der Waals surface area (Å²) in [6.07, 6.45) is 8.21. The fraction of sp³-hybridized carbons (Fsp3) is 0.296. The van der Waals surface area contributed by atoms with Crippen LogP contribution in [-0.4, -0.2) is 0 Å². The second-order valence-corrected chi connectivity index (χ2v) is 8.78. The molecule has 0 aromatic heterocycles. The monoisotopic (exact) mass is 441 g/mol. The van der Waals surface area contributed by atoms with E-state index in [9.17, 15) is 0 Å². The first-order chi connectivity index (χ1) is 13.2. The van der Waals surface area contributed by atoms with Crippen molar-refractivity contribution in [2.75, 3.05) is 0 Å². The van der Waals surface area contributed by atoms with Crippen molar-refractivity contribution in [3.63, 3.8) is 0 Å². The summed E-state index contributed by atoms with van der Waals surface area (Å²) in [4.78, 5) is 0. The van der Waals surface area contributed by atoms with Crippen molar-refractivity contribution in [1.82, 2.24) is 0 Å². The van der Waals surface area contributed by atoms with Crippen molar-refractivity contribution in [3.8, 4) is 11.1 Å². The minimum atomic E-state index is 0. The van der Waals surface area contributed by atoms with Gasteiger partial charge in [-0.1, -0.05) is 74.2 Å². The Kier molecular flexibility index (Phi) is 5.66. The van der Waals surface area contributed by atoms with E-state index in [2.05, 4.69) is 79.7 Å². The Morgan fingerprint density at radius 2 is 1.61 bits per heavy atom. The van der Waals surface area contributed by atoms with Crippen molar-refractivity contribution in [3.05, 3.63) is 78.4 Å². The van der Waals surface area contributed by atoms with Crippen molar-refractivity contribution in [2.45, 2.75) is 45.4 Å². The quantitative estimate of drug-likeness (QED) is 0.283. The van der Waals surface area contributed by atoms with E-state index >= 15 is 0 Å². The molecule has 0 unspecified atom stereocenters. The van der Waals surface area contributed by atoms with Gasteiger partial charge in [-0.2, -0.15) is 6.07 Å². The molecule has 0 aliphatic heterocycles. The topological polar surface area (TPSA) is 0 Å². The minimum absolute atomic E-state index is 0. The summed E-state index contributed by atoms with van der Waals surface area (Å²) in [7, 11) is 0. The van der Waals surface area contributed by atoms with Crippen LogP contribution in [0.1, 0.15) is 44.6 Å². The van der Waals surface area contributed by atoms with Gasteiger partial charge in [-0.25, -0.2) is 0 Å². The molecule has 0 bridgehead atoms. The Bertz CT molecular complexity index is 1100. The van der Waals surface area contributed by atoms with Gasteiger partial charge in [0.25, 0.3) is 0 Å². The van der Waals surface area contributed by atoms with Crippen LogP contribution < -0.4 is 0 Å². The number of rotatable bonds is 3. The van der Waals surface area contributed by atoms with Gasteiger partial charge in [-0.05, 0) is 47.1 Å². The number of benzene rings is 3. The maximum Gasteiger partial charge on any atom is 0 e. The van der Waals surface area contributed by atoms with Crippen LogP contribution in [0.2, 0.25) is 0 Å². The third-order valence-corrected chi connectivity index (χ3v) is 6.56. The molecule has 140 valence electrons. The largest absolute Gasteiger partial charge is 0.164 e. The SMILES string of the molecule is CC1(Cc2cc3c(-c4ccc5ccccc5c4)cccc3[cH-]2)CCCCC1.[Zr]. The van der Waals surface area contributed by atoms with Crippen LogP contribution in [0.4, 0.5) is 0 Å². The molecule has 0 saturated heterocycles. The smallest absolute Gasteiger partial charge is 0 e. The van der Waals surface area contributed by atoms with Gasteiger partial charge < -0.3 is 0 Å². The Labute approximate surface area is 187 Å². The molecule has 4 aromatic carbocycles. The van der Waals surface area contributed by atoms with Crippen LogP contribution in [0, 0.1) is 5.41 Å². The van der Waals surface area contributed by atoms with Crippen LogP contribution in [0.25, 0.3) is 32.7 Å². The summed E-state index contributed by atoms with van der Waals surface area (Å²) in [5.41, 5.74) is 4.69. The van der Waals surface area contributed by atoms with Gasteiger partial charge in [-0.15, -0.1) is 34.5 Å². The molecule has 0 nitrogen and oxygen atoms in total. The number of fused-ring (bicyclic) bond motifs is 2. The van der Waals surface area contributed by atoms with Crippen molar-refractivity contribution < 1.29 is 26.2 Å². The Balaban J connectivity index is 0.00000192. The summed E-state index contributed by atoms with van der Waals surface area (Å²) in [6, 6.07) is 27.1. The van der Waals surface area contributed by atoms with Gasteiger partial charge in [-0.3, -0.25) is 0 Å².